The zero-order valence-electron chi connectivity index (χ0n) is 10.7. The topological polar surface area (TPSA) is 79.9 Å². The fraction of sp³-hybridized carbons (Fsp3) is 0.750. The number of aromatic amines is 1. The maximum Gasteiger partial charge on any atom is 0.378 e. The number of nitrogens with one attached hydrogen (secondary N) is 2. The fourth-order valence-corrected chi connectivity index (χ4v) is 2.18. The summed E-state index contributed by atoms with van der Waals surface area (Å²) in [5, 5.41) is 10.1. The number of H-pyrrole nitrogens is 1. The minimum absolute atomic E-state index is 0.128. The smallest absolute Gasteiger partial charge is 0.378 e. The maximum atomic E-state index is 11.4. The molecular weight excluding hydrogens is 232 g/mol. The molecule has 2 heterocycles. The molecule has 18 heavy (non-hydrogen) atoms. The number of hydrogen-bond acceptors (Lipinski definition) is 5. The van der Waals surface area contributed by atoms with Crippen molar-refractivity contribution in [3.05, 3.63) is 11.6 Å². The minimum Gasteiger partial charge on any atom is -0.460 e. The second-order valence-electron chi connectivity index (χ2n) is 4.51. The third-order valence-corrected chi connectivity index (χ3v) is 3.13. The summed E-state index contributed by atoms with van der Waals surface area (Å²) in [6.07, 6.45) is 5.62. The van der Waals surface area contributed by atoms with E-state index in [1.165, 1.54) is 19.3 Å². The van der Waals surface area contributed by atoms with Gasteiger partial charge < -0.3 is 10.1 Å². The Labute approximate surface area is 107 Å². The molecule has 0 saturated carbocycles. The molecule has 6 heteroatoms. The highest BCUT2D eigenvalue weighted by Gasteiger charge is 2.16. The second kappa shape index (κ2) is 6.49. The molecule has 0 amide bonds. The van der Waals surface area contributed by atoms with E-state index in [4.69, 9.17) is 4.74 Å². The average molecular weight is 252 g/mol. The molecule has 1 fully saturated rings. The van der Waals surface area contributed by atoms with Crippen LogP contribution < -0.4 is 5.32 Å². The number of nitrogens with zero attached hydrogens (tertiary/aromatic N) is 2. The quantitative estimate of drug-likeness (QED) is 0.766. The van der Waals surface area contributed by atoms with Gasteiger partial charge in [-0.2, -0.15) is 0 Å². The fourth-order valence-electron chi connectivity index (χ4n) is 2.18. The predicted molar refractivity (Wildman–Crippen MR) is 66.3 cm³/mol. The van der Waals surface area contributed by atoms with Gasteiger partial charge in [-0.25, -0.2) is 9.78 Å². The molecule has 6 nitrogen and oxygen atoms in total. The SMILES string of the molecule is CCOC(=O)c1n[nH]c(CCC2CCCCN2)n1. The van der Waals surface area contributed by atoms with Gasteiger partial charge in [0.1, 0.15) is 5.82 Å². The molecule has 1 unspecified atom stereocenters. The van der Waals surface area contributed by atoms with Gasteiger partial charge in [0.05, 0.1) is 6.61 Å². The lowest BCUT2D eigenvalue weighted by atomic mass is 10.0. The highest BCUT2D eigenvalue weighted by atomic mass is 16.5. The molecular formula is C12H20N4O2. The molecule has 1 aromatic heterocycles. The van der Waals surface area contributed by atoms with Crippen LogP contribution in [-0.2, 0) is 11.2 Å². The number of ether oxygens (including phenoxy) is 1. The van der Waals surface area contributed by atoms with Crippen LogP contribution in [0.2, 0.25) is 0 Å². The molecule has 1 aliphatic rings. The summed E-state index contributed by atoms with van der Waals surface area (Å²) in [6.45, 7) is 3.21. The van der Waals surface area contributed by atoms with E-state index in [-0.39, 0.29) is 5.82 Å². The minimum atomic E-state index is -0.462. The Kier molecular flexibility index (Phi) is 4.69. The van der Waals surface area contributed by atoms with Crippen LogP contribution in [-0.4, -0.2) is 40.3 Å². The number of hydrogen-bond donors (Lipinski definition) is 2. The molecule has 0 radical (unpaired) electrons. The highest BCUT2D eigenvalue weighted by Crippen LogP contribution is 2.12. The molecule has 0 aliphatic carbocycles. The Balaban J connectivity index is 1.80. The molecule has 1 aromatic rings. The van der Waals surface area contributed by atoms with Crippen molar-refractivity contribution in [1.82, 2.24) is 20.5 Å². The predicted octanol–water partition coefficient (Wildman–Crippen LogP) is 1.06. The van der Waals surface area contributed by atoms with Gasteiger partial charge in [-0.15, -0.1) is 5.10 Å². The summed E-state index contributed by atoms with van der Waals surface area (Å²) in [4.78, 5) is 15.5. The van der Waals surface area contributed by atoms with Crippen molar-refractivity contribution in [2.24, 2.45) is 0 Å². The van der Waals surface area contributed by atoms with E-state index >= 15 is 0 Å². The van der Waals surface area contributed by atoms with Crippen molar-refractivity contribution >= 4 is 5.97 Å². The summed E-state index contributed by atoms with van der Waals surface area (Å²) in [6, 6.07) is 0.565. The zero-order valence-corrected chi connectivity index (χ0v) is 10.7. The van der Waals surface area contributed by atoms with Gasteiger partial charge in [0, 0.05) is 12.5 Å². The monoisotopic (exact) mass is 252 g/mol. The molecule has 1 saturated heterocycles. The van der Waals surface area contributed by atoms with E-state index in [2.05, 4.69) is 20.5 Å². The lowest BCUT2D eigenvalue weighted by Crippen LogP contribution is -2.34. The van der Waals surface area contributed by atoms with Crippen LogP contribution in [0.15, 0.2) is 0 Å². The number of carbonyl (C=O) groups excluding carboxylic acids is 1. The van der Waals surface area contributed by atoms with Gasteiger partial charge in [-0.05, 0) is 32.7 Å². The van der Waals surface area contributed by atoms with Gasteiger partial charge in [0.15, 0.2) is 0 Å². The first-order valence-corrected chi connectivity index (χ1v) is 6.61. The number of esters is 1. The van der Waals surface area contributed by atoms with Crippen molar-refractivity contribution in [2.45, 2.75) is 45.1 Å². The van der Waals surface area contributed by atoms with E-state index in [9.17, 15) is 4.79 Å². The van der Waals surface area contributed by atoms with E-state index in [1.54, 1.807) is 6.92 Å². The molecule has 2 N–H and O–H groups in total. The van der Waals surface area contributed by atoms with Crippen LogP contribution >= 0.6 is 0 Å². The molecule has 100 valence electrons. The normalized spacial score (nSPS) is 19.7. The Morgan fingerprint density at radius 1 is 1.50 bits per heavy atom. The van der Waals surface area contributed by atoms with Crippen molar-refractivity contribution in [3.8, 4) is 0 Å². The summed E-state index contributed by atoms with van der Waals surface area (Å²) < 4.78 is 4.84. The molecule has 1 aliphatic heterocycles. The van der Waals surface area contributed by atoms with Crippen molar-refractivity contribution in [3.63, 3.8) is 0 Å². The summed E-state index contributed by atoms with van der Waals surface area (Å²) in [5.41, 5.74) is 0. The summed E-state index contributed by atoms with van der Waals surface area (Å²) in [5.74, 6) is 0.421. The Hall–Kier alpha value is -1.43. The van der Waals surface area contributed by atoms with Gasteiger partial charge in [0.2, 0.25) is 0 Å². The number of aryl methyl sites for hydroxylation is 1. The second-order valence-corrected chi connectivity index (χ2v) is 4.51. The molecule has 1 atom stereocenters. The standard InChI is InChI=1S/C12H20N4O2/c1-2-18-12(17)11-14-10(15-16-11)7-6-9-5-3-4-8-13-9/h9,13H,2-8H2,1H3,(H,14,15,16). The number of carbonyl (C=O) groups is 1. The first kappa shape index (κ1) is 13.0. The van der Waals surface area contributed by atoms with Crippen LogP contribution in [0.3, 0.4) is 0 Å². The lowest BCUT2D eigenvalue weighted by Gasteiger charge is -2.22. The van der Waals surface area contributed by atoms with Crippen molar-refractivity contribution in [1.29, 1.82) is 0 Å². The van der Waals surface area contributed by atoms with Crippen molar-refractivity contribution in [2.75, 3.05) is 13.2 Å². The van der Waals surface area contributed by atoms with Crippen LogP contribution in [0.25, 0.3) is 0 Å². The first-order valence-electron chi connectivity index (χ1n) is 6.61. The number of aromatic nitrogens is 3. The lowest BCUT2D eigenvalue weighted by molar-refractivity contribution is 0.0512. The molecule has 0 bridgehead atoms. The zero-order chi connectivity index (χ0) is 12.8. The van der Waals surface area contributed by atoms with E-state index < -0.39 is 5.97 Å². The molecule has 0 aromatic carbocycles. The first-order chi connectivity index (χ1) is 8.79. The van der Waals surface area contributed by atoms with E-state index in [0.717, 1.165) is 25.2 Å². The molecule has 0 spiro atoms. The number of rotatable bonds is 5. The van der Waals surface area contributed by atoms with Crippen LogP contribution in [0.5, 0.6) is 0 Å². The Morgan fingerprint density at radius 3 is 3.11 bits per heavy atom. The van der Waals surface area contributed by atoms with E-state index in [1.807, 2.05) is 0 Å². The number of piperidine rings is 1. The third-order valence-electron chi connectivity index (χ3n) is 3.13. The van der Waals surface area contributed by atoms with Crippen LogP contribution in [0.4, 0.5) is 0 Å². The summed E-state index contributed by atoms with van der Waals surface area (Å²) >= 11 is 0. The van der Waals surface area contributed by atoms with Gasteiger partial charge in [0.25, 0.3) is 5.82 Å². The van der Waals surface area contributed by atoms with Crippen LogP contribution in [0.1, 0.15) is 49.1 Å². The highest BCUT2D eigenvalue weighted by molar-refractivity contribution is 5.84. The summed E-state index contributed by atoms with van der Waals surface area (Å²) in [7, 11) is 0. The van der Waals surface area contributed by atoms with Gasteiger partial charge in [-0.1, -0.05) is 6.42 Å². The van der Waals surface area contributed by atoms with Crippen molar-refractivity contribution < 1.29 is 9.53 Å². The average Bonchev–Trinajstić information content (AvgIpc) is 2.87. The Bertz CT molecular complexity index is 385. The molecule has 2 rings (SSSR count). The largest absolute Gasteiger partial charge is 0.460 e. The van der Waals surface area contributed by atoms with Crippen LogP contribution in [0, 0.1) is 0 Å². The third kappa shape index (κ3) is 3.53. The van der Waals surface area contributed by atoms with E-state index in [0.29, 0.717) is 12.6 Å². The Morgan fingerprint density at radius 2 is 2.39 bits per heavy atom. The van der Waals surface area contributed by atoms with Gasteiger partial charge >= 0.3 is 5.97 Å². The van der Waals surface area contributed by atoms with Gasteiger partial charge in [-0.3, -0.25) is 5.10 Å². The maximum absolute atomic E-state index is 11.4.